The minimum Gasteiger partial charge on any atom is -0.486 e. The molecule has 0 bridgehead atoms. The molecule has 0 radical (unpaired) electrons. The maximum Gasteiger partial charge on any atom is 0.338 e. The highest BCUT2D eigenvalue weighted by atomic mass is 16.6. The molecule has 1 heterocycles. The van der Waals surface area contributed by atoms with Gasteiger partial charge in [-0.05, 0) is 42.3 Å². The summed E-state index contributed by atoms with van der Waals surface area (Å²) in [6.45, 7) is 3.33. The van der Waals surface area contributed by atoms with Crippen molar-refractivity contribution in [3.05, 3.63) is 59.2 Å². The number of aliphatic hydroxyl groups excluding tert-OH is 1. The van der Waals surface area contributed by atoms with E-state index in [1.54, 1.807) is 29.2 Å². The summed E-state index contributed by atoms with van der Waals surface area (Å²) in [5.74, 6) is 0.515. The number of hydrogen-bond donors (Lipinski definition) is 1. The molecule has 2 aromatic carbocycles. The predicted molar refractivity (Wildman–Crippen MR) is 101 cm³/mol. The molecule has 0 saturated carbocycles. The second kappa shape index (κ2) is 9.23. The van der Waals surface area contributed by atoms with Crippen LogP contribution in [0.25, 0.3) is 0 Å². The topological polar surface area (TPSA) is 85.3 Å². The summed E-state index contributed by atoms with van der Waals surface area (Å²) in [4.78, 5) is 26.2. The van der Waals surface area contributed by atoms with E-state index in [-0.39, 0.29) is 19.1 Å². The summed E-state index contributed by atoms with van der Waals surface area (Å²) in [7, 11) is 0. The molecule has 2 aromatic rings. The van der Waals surface area contributed by atoms with Crippen LogP contribution in [0.3, 0.4) is 0 Å². The number of carbonyl (C=O) groups is 2. The van der Waals surface area contributed by atoms with Gasteiger partial charge in [0.25, 0.3) is 5.91 Å². The number of aliphatic hydroxyl groups is 1. The third-order valence-corrected chi connectivity index (χ3v) is 4.41. The van der Waals surface area contributed by atoms with E-state index in [9.17, 15) is 9.59 Å². The summed E-state index contributed by atoms with van der Waals surface area (Å²) in [5.41, 5.74) is 1.94. The van der Waals surface area contributed by atoms with Gasteiger partial charge in [-0.2, -0.15) is 0 Å². The number of hydrogen-bond acceptors (Lipinski definition) is 6. The Morgan fingerprint density at radius 3 is 2.39 bits per heavy atom. The summed E-state index contributed by atoms with van der Waals surface area (Å²) < 4.78 is 16.2. The zero-order valence-electron chi connectivity index (χ0n) is 15.7. The zero-order valence-corrected chi connectivity index (χ0v) is 15.7. The average molecular weight is 385 g/mol. The number of benzene rings is 2. The van der Waals surface area contributed by atoms with Crippen molar-refractivity contribution in [1.82, 2.24) is 4.90 Å². The average Bonchev–Trinajstić information content (AvgIpc) is 2.75. The molecule has 0 fully saturated rings. The fourth-order valence-corrected chi connectivity index (χ4v) is 2.83. The van der Waals surface area contributed by atoms with Gasteiger partial charge >= 0.3 is 5.97 Å². The fourth-order valence-electron chi connectivity index (χ4n) is 2.83. The van der Waals surface area contributed by atoms with Crippen LogP contribution in [0.2, 0.25) is 0 Å². The lowest BCUT2D eigenvalue weighted by atomic mass is 10.1. The third-order valence-electron chi connectivity index (χ3n) is 4.41. The van der Waals surface area contributed by atoms with Crippen LogP contribution < -0.4 is 9.47 Å². The normalized spacial score (nSPS) is 12.4. The largest absolute Gasteiger partial charge is 0.486 e. The SMILES string of the molecule is CCN(Cc1ccc2c(c1)OCCO2)C(=O)COC(=O)c1ccc(CO)cc1. The number of esters is 1. The van der Waals surface area contributed by atoms with Crippen molar-refractivity contribution < 1.29 is 28.9 Å². The molecule has 0 spiro atoms. The van der Waals surface area contributed by atoms with Crippen molar-refractivity contribution in [1.29, 1.82) is 0 Å². The molecule has 7 nitrogen and oxygen atoms in total. The van der Waals surface area contributed by atoms with Crippen molar-refractivity contribution in [2.24, 2.45) is 0 Å². The molecule has 0 aromatic heterocycles. The highest BCUT2D eigenvalue weighted by Gasteiger charge is 2.18. The minimum absolute atomic E-state index is 0.0981. The smallest absolute Gasteiger partial charge is 0.338 e. The lowest BCUT2D eigenvalue weighted by molar-refractivity contribution is -0.134. The number of fused-ring (bicyclic) bond motifs is 1. The van der Waals surface area contributed by atoms with Crippen LogP contribution >= 0.6 is 0 Å². The maximum absolute atomic E-state index is 12.5. The monoisotopic (exact) mass is 385 g/mol. The lowest BCUT2D eigenvalue weighted by Crippen LogP contribution is -2.34. The van der Waals surface area contributed by atoms with Crippen LogP contribution in [0, 0.1) is 0 Å². The Labute approximate surface area is 163 Å². The molecule has 7 heteroatoms. The van der Waals surface area contributed by atoms with Crippen LogP contribution in [0.15, 0.2) is 42.5 Å². The Bertz CT molecular complexity index is 833. The van der Waals surface area contributed by atoms with Crippen LogP contribution in [0.4, 0.5) is 0 Å². The van der Waals surface area contributed by atoms with E-state index in [0.717, 1.165) is 5.56 Å². The van der Waals surface area contributed by atoms with Crippen molar-refractivity contribution >= 4 is 11.9 Å². The second-order valence-corrected chi connectivity index (χ2v) is 6.32. The van der Waals surface area contributed by atoms with E-state index in [4.69, 9.17) is 19.3 Å². The first-order valence-electron chi connectivity index (χ1n) is 9.14. The van der Waals surface area contributed by atoms with Crippen molar-refractivity contribution in [2.75, 3.05) is 26.4 Å². The zero-order chi connectivity index (χ0) is 19.9. The van der Waals surface area contributed by atoms with E-state index in [2.05, 4.69) is 0 Å². The third kappa shape index (κ3) is 4.80. The summed E-state index contributed by atoms with van der Waals surface area (Å²) in [6.07, 6.45) is 0. The van der Waals surface area contributed by atoms with E-state index in [1.807, 2.05) is 25.1 Å². The molecule has 1 aliphatic heterocycles. The Hall–Kier alpha value is -3.06. The Kier molecular flexibility index (Phi) is 6.49. The number of amides is 1. The molecule has 3 rings (SSSR count). The molecule has 28 heavy (non-hydrogen) atoms. The molecule has 0 atom stereocenters. The highest BCUT2D eigenvalue weighted by Crippen LogP contribution is 2.31. The predicted octanol–water partition coefficient (Wildman–Crippen LogP) is 2.16. The Morgan fingerprint density at radius 2 is 1.71 bits per heavy atom. The molecule has 1 aliphatic rings. The van der Waals surface area contributed by atoms with Gasteiger partial charge in [0.2, 0.25) is 0 Å². The van der Waals surface area contributed by atoms with E-state index in [0.29, 0.717) is 48.9 Å². The van der Waals surface area contributed by atoms with Gasteiger partial charge in [-0.1, -0.05) is 18.2 Å². The van der Waals surface area contributed by atoms with Gasteiger partial charge in [-0.25, -0.2) is 4.79 Å². The first kappa shape index (κ1) is 19.7. The van der Waals surface area contributed by atoms with Gasteiger partial charge in [0, 0.05) is 13.1 Å². The van der Waals surface area contributed by atoms with E-state index < -0.39 is 5.97 Å². The van der Waals surface area contributed by atoms with Crippen molar-refractivity contribution in [3.63, 3.8) is 0 Å². The fraction of sp³-hybridized carbons (Fsp3) is 0.333. The minimum atomic E-state index is -0.576. The van der Waals surface area contributed by atoms with Gasteiger partial charge in [-0.15, -0.1) is 0 Å². The lowest BCUT2D eigenvalue weighted by Gasteiger charge is -2.23. The van der Waals surface area contributed by atoms with Gasteiger partial charge in [0.15, 0.2) is 18.1 Å². The highest BCUT2D eigenvalue weighted by molar-refractivity contribution is 5.91. The molecule has 148 valence electrons. The van der Waals surface area contributed by atoms with Gasteiger partial charge in [0.05, 0.1) is 12.2 Å². The summed E-state index contributed by atoms with van der Waals surface area (Å²) in [5, 5.41) is 9.04. The molecule has 1 amide bonds. The molecule has 0 saturated heterocycles. The van der Waals surface area contributed by atoms with Crippen LogP contribution in [0.1, 0.15) is 28.4 Å². The van der Waals surface area contributed by atoms with Gasteiger partial charge in [-0.3, -0.25) is 4.79 Å². The van der Waals surface area contributed by atoms with E-state index >= 15 is 0 Å². The molecule has 0 aliphatic carbocycles. The molecular weight excluding hydrogens is 362 g/mol. The summed E-state index contributed by atoms with van der Waals surface area (Å²) >= 11 is 0. The van der Waals surface area contributed by atoms with E-state index in [1.165, 1.54) is 0 Å². The second-order valence-electron chi connectivity index (χ2n) is 6.32. The quantitative estimate of drug-likeness (QED) is 0.735. The Balaban J connectivity index is 1.56. The number of rotatable bonds is 7. The van der Waals surface area contributed by atoms with Crippen LogP contribution in [-0.4, -0.2) is 48.2 Å². The Morgan fingerprint density at radius 1 is 1.04 bits per heavy atom. The standard InChI is InChI=1S/C21H23NO6/c1-2-22(12-16-5-8-18-19(11-16)27-10-9-26-18)20(24)14-28-21(25)17-6-3-15(13-23)4-7-17/h3-8,11,23H,2,9-10,12-14H2,1H3. The number of nitrogens with zero attached hydrogens (tertiary/aromatic N) is 1. The van der Waals surface area contributed by atoms with Crippen LogP contribution in [0.5, 0.6) is 11.5 Å². The van der Waals surface area contributed by atoms with Crippen molar-refractivity contribution in [2.45, 2.75) is 20.1 Å². The first-order valence-corrected chi connectivity index (χ1v) is 9.14. The molecule has 0 unspecified atom stereocenters. The van der Waals surface area contributed by atoms with Gasteiger partial charge in [0.1, 0.15) is 13.2 Å². The number of ether oxygens (including phenoxy) is 3. The van der Waals surface area contributed by atoms with Crippen molar-refractivity contribution in [3.8, 4) is 11.5 Å². The van der Waals surface area contributed by atoms with Gasteiger partial charge < -0.3 is 24.2 Å². The number of carbonyl (C=O) groups excluding carboxylic acids is 2. The molecule has 1 N–H and O–H groups in total. The first-order chi connectivity index (χ1) is 13.6. The number of likely N-dealkylation sites (N-methyl/N-ethyl adjacent to an activating group) is 1. The summed E-state index contributed by atoms with van der Waals surface area (Å²) in [6, 6.07) is 12.0. The molecular formula is C21H23NO6. The van der Waals surface area contributed by atoms with Crippen LogP contribution in [-0.2, 0) is 22.7 Å². The maximum atomic E-state index is 12.5.